The Labute approximate surface area is 247 Å². The minimum Gasteiger partial charge on any atom is -0.342 e. The van der Waals surface area contributed by atoms with Gasteiger partial charge in [0.05, 0.1) is 23.5 Å². The van der Waals surface area contributed by atoms with Gasteiger partial charge in [-0.25, -0.2) is 14.4 Å². The molecule has 5 heterocycles. The van der Waals surface area contributed by atoms with Crippen LogP contribution in [0.1, 0.15) is 23.3 Å². The van der Waals surface area contributed by atoms with E-state index in [4.69, 9.17) is 11.6 Å². The maximum Gasteiger partial charge on any atom is 0.246 e. The monoisotopic (exact) mass is 597 g/mol. The number of likely N-dealkylation sites (tertiary alicyclic amines) is 1. The molecule has 2 fully saturated rings. The van der Waals surface area contributed by atoms with Gasteiger partial charge in [0.25, 0.3) is 0 Å². The Kier molecular flexibility index (Phi) is 8.47. The van der Waals surface area contributed by atoms with Gasteiger partial charge in [-0.05, 0) is 43.0 Å². The van der Waals surface area contributed by atoms with Crippen LogP contribution in [0.5, 0.6) is 0 Å². The lowest BCUT2D eigenvalue weighted by Gasteiger charge is -2.34. The molecule has 3 aliphatic rings. The molecule has 2 aromatic heterocycles. The summed E-state index contributed by atoms with van der Waals surface area (Å²) in [5.74, 6) is 0.436. The molecule has 6 rings (SSSR count). The number of anilines is 2. The zero-order chi connectivity index (χ0) is 28.3. The van der Waals surface area contributed by atoms with E-state index in [1.54, 1.807) is 23.5 Å². The summed E-state index contributed by atoms with van der Waals surface area (Å²) in [6, 6.07) is 4.48. The number of carbonyl (C=O) groups is 2. The number of nitrogens with one attached hydrogen (secondary N) is 1. The van der Waals surface area contributed by atoms with Crippen LogP contribution in [0, 0.1) is 5.82 Å². The van der Waals surface area contributed by atoms with Crippen molar-refractivity contribution in [2.45, 2.75) is 25.8 Å². The van der Waals surface area contributed by atoms with Crippen LogP contribution < -0.4 is 5.32 Å². The summed E-state index contributed by atoms with van der Waals surface area (Å²) in [5, 5.41) is 4.24. The second kappa shape index (κ2) is 12.4. The molecule has 0 aliphatic carbocycles. The summed E-state index contributed by atoms with van der Waals surface area (Å²) in [5.41, 5.74) is 1.79. The highest BCUT2D eigenvalue weighted by Crippen LogP contribution is 2.38. The molecule has 0 spiro atoms. The van der Waals surface area contributed by atoms with Gasteiger partial charge in [-0.15, -0.1) is 11.3 Å². The number of nitrogens with zero attached hydrogens (tertiary/aromatic N) is 6. The number of aromatic nitrogens is 2. The first-order valence-corrected chi connectivity index (χ1v) is 15.3. The van der Waals surface area contributed by atoms with E-state index in [1.807, 2.05) is 15.9 Å². The van der Waals surface area contributed by atoms with Gasteiger partial charge in [0.15, 0.2) is 0 Å². The molecule has 2 saturated heterocycles. The van der Waals surface area contributed by atoms with Crippen LogP contribution in [0.3, 0.4) is 0 Å². The molecule has 41 heavy (non-hydrogen) atoms. The number of fused-ring (bicyclic) bond motifs is 3. The van der Waals surface area contributed by atoms with Gasteiger partial charge in [-0.3, -0.25) is 19.4 Å². The lowest BCUT2D eigenvalue weighted by Crippen LogP contribution is -2.49. The van der Waals surface area contributed by atoms with Crippen LogP contribution in [-0.2, 0) is 22.6 Å². The minimum absolute atomic E-state index is 0.00772. The van der Waals surface area contributed by atoms with Crippen molar-refractivity contribution < 1.29 is 14.0 Å². The summed E-state index contributed by atoms with van der Waals surface area (Å²) in [4.78, 5) is 44.7. The van der Waals surface area contributed by atoms with E-state index in [0.717, 1.165) is 79.3 Å². The van der Waals surface area contributed by atoms with Crippen LogP contribution in [-0.4, -0.2) is 100 Å². The van der Waals surface area contributed by atoms with E-state index in [1.165, 1.54) is 18.5 Å². The zero-order valence-corrected chi connectivity index (χ0v) is 24.4. The van der Waals surface area contributed by atoms with Crippen molar-refractivity contribution in [3.05, 3.63) is 58.0 Å². The van der Waals surface area contributed by atoms with Gasteiger partial charge in [0.2, 0.25) is 11.8 Å². The fourth-order valence-corrected chi connectivity index (χ4v) is 7.10. The van der Waals surface area contributed by atoms with Crippen molar-refractivity contribution in [1.29, 1.82) is 0 Å². The highest BCUT2D eigenvalue weighted by atomic mass is 35.5. The van der Waals surface area contributed by atoms with E-state index in [2.05, 4.69) is 25.1 Å². The Morgan fingerprint density at radius 1 is 1.02 bits per heavy atom. The predicted molar refractivity (Wildman–Crippen MR) is 159 cm³/mol. The number of amides is 2. The molecule has 0 radical (unpaired) electrons. The van der Waals surface area contributed by atoms with E-state index < -0.39 is 5.82 Å². The molecule has 0 unspecified atom stereocenters. The number of benzene rings is 1. The molecule has 1 N–H and O–H groups in total. The summed E-state index contributed by atoms with van der Waals surface area (Å²) in [7, 11) is 0. The number of rotatable bonds is 7. The molecule has 3 aliphatic heterocycles. The van der Waals surface area contributed by atoms with Crippen molar-refractivity contribution in [3.8, 4) is 0 Å². The average Bonchev–Trinajstić information content (AvgIpc) is 3.64. The molecular weight excluding hydrogens is 565 g/mol. The Morgan fingerprint density at radius 2 is 1.80 bits per heavy atom. The smallest absolute Gasteiger partial charge is 0.246 e. The normalized spacial score (nSPS) is 18.4. The summed E-state index contributed by atoms with van der Waals surface area (Å²) >= 11 is 7.53. The SMILES string of the molecule is O=C(C=CCN1CCN(CC(=O)N2CCCC2)CC1)N1CCc2c(sc3ncnc(Nc4ccc(F)c(Cl)c4)c23)C1. The number of hydrogen-bond donors (Lipinski definition) is 1. The Morgan fingerprint density at radius 3 is 2.59 bits per heavy atom. The largest absolute Gasteiger partial charge is 0.342 e. The maximum atomic E-state index is 13.6. The Hall–Kier alpha value is -3.12. The summed E-state index contributed by atoms with van der Waals surface area (Å²) in [6.45, 7) is 7.71. The third-order valence-electron chi connectivity index (χ3n) is 8.04. The molecule has 1 aromatic carbocycles. The van der Waals surface area contributed by atoms with Crippen LogP contribution >= 0.6 is 22.9 Å². The van der Waals surface area contributed by atoms with Gasteiger partial charge in [0, 0.05) is 69.0 Å². The van der Waals surface area contributed by atoms with Crippen molar-refractivity contribution in [1.82, 2.24) is 29.6 Å². The second-order valence-corrected chi connectivity index (χ2v) is 12.2. The zero-order valence-electron chi connectivity index (χ0n) is 22.8. The first-order chi connectivity index (χ1) is 19.9. The van der Waals surface area contributed by atoms with Gasteiger partial charge in [0.1, 0.15) is 22.8 Å². The van der Waals surface area contributed by atoms with Crippen LogP contribution in [0.4, 0.5) is 15.9 Å². The average molecular weight is 598 g/mol. The maximum absolute atomic E-state index is 13.6. The third kappa shape index (κ3) is 6.38. The third-order valence-corrected chi connectivity index (χ3v) is 9.45. The number of hydrogen-bond acceptors (Lipinski definition) is 8. The fourth-order valence-electron chi connectivity index (χ4n) is 5.72. The highest BCUT2D eigenvalue weighted by Gasteiger charge is 2.26. The molecule has 3 aromatic rings. The molecule has 12 heteroatoms. The molecule has 216 valence electrons. The first kappa shape index (κ1) is 28.0. The lowest BCUT2D eigenvalue weighted by atomic mass is 10.0. The van der Waals surface area contributed by atoms with Crippen molar-refractivity contribution >= 4 is 56.5 Å². The Balaban J connectivity index is 1.02. The van der Waals surface area contributed by atoms with Crippen LogP contribution in [0.2, 0.25) is 5.02 Å². The first-order valence-electron chi connectivity index (χ1n) is 14.1. The fraction of sp³-hybridized carbons (Fsp3) is 0.448. The molecule has 0 saturated carbocycles. The lowest BCUT2D eigenvalue weighted by molar-refractivity contribution is -0.131. The highest BCUT2D eigenvalue weighted by molar-refractivity contribution is 7.19. The van der Waals surface area contributed by atoms with Gasteiger partial charge < -0.3 is 15.1 Å². The number of carbonyl (C=O) groups excluding carboxylic acids is 2. The van der Waals surface area contributed by atoms with E-state index >= 15 is 0 Å². The van der Waals surface area contributed by atoms with Gasteiger partial charge in [-0.1, -0.05) is 17.7 Å². The predicted octanol–water partition coefficient (Wildman–Crippen LogP) is 3.91. The van der Waals surface area contributed by atoms with Crippen molar-refractivity contribution in [2.24, 2.45) is 0 Å². The standard InChI is InChI=1S/C29H33ClFN7O2S/c30-22-16-20(5-6-23(22)31)34-28-27-21-7-11-38(17-24(21)41-29(27)33-19-32-28)25(39)4-3-8-35-12-14-36(15-13-35)18-26(40)37-9-1-2-10-37/h3-6,16,19H,1-2,7-15,17-18H2,(H,32,33,34). The minimum atomic E-state index is -0.472. The van der Waals surface area contributed by atoms with E-state index in [-0.39, 0.29) is 16.8 Å². The molecule has 0 atom stereocenters. The quantitative estimate of drug-likeness (QED) is 0.414. The van der Waals surface area contributed by atoms with Crippen molar-refractivity contribution in [3.63, 3.8) is 0 Å². The van der Waals surface area contributed by atoms with E-state index in [9.17, 15) is 14.0 Å². The van der Waals surface area contributed by atoms with Gasteiger partial charge >= 0.3 is 0 Å². The number of halogens is 2. The van der Waals surface area contributed by atoms with E-state index in [0.29, 0.717) is 37.6 Å². The number of thiophene rings is 1. The summed E-state index contributed by atoms with van der Waals surface area (Å²) < 4.78 is 13.6. The van der Waals surface area contributed by atoms with Crippen LogP contribution in [0.15, 0.2) is 36.7 Å². The van der Waals surface area contributed by atoms with Gasteiger partial charge in [-0.2, -0.15) is 0 Å². The number of piperazine rings is 1. The molecule has 0 bridgehead atoms. The topological polar surface area (TPSA) is 84.9 Å². The molecule has 9 nitrogen and oxygen atoms in total. The summed E-state index contributed by atoms with van der Waals surface area (Å²) in [6.07, 6.45) is 8.10. The Bertz CT molecular complexity index is 1470. The van der Waals surface area contributed by atoms with Crippen molar-refractivity contribution in [2.75, 3.05) is 64.2 Å². The second-order valence-electron chi connectivity index (χ2n) is 10.7. The molecular formula is C29H33ClFN7O2S. The van der Waals surface area contributed by atoms with Crippen LogP contribution in [0.25, 0.3) is 10.2 Å². The molecule has 2 amide bonds.